The highest BCUT2D eigenvalue weighted by molar-refractivity contribution is 5.97. The minimum atomic E-state index is -0.138. The van der Waals surface area contributed by atoms with Crippen LogP contribution in [0.25, 0.3) is 0 Å². The van der Waals surface area contributed by atoms with E-state index in [2.05, 4.69) is 5.32 Å². The molecule has 0 aromatic heterocycles. The van der Waals surface area contributed by atoms with Crippen LogP contribution in [0.15, 0.2) is 48.5 Å². The first-order chi connectivity index (χ1) is 10.3. The Balaban J connectivity index is 1.72. The molecular formula is C17H17NO3. The fourth-order valence-electron chi connectivity index (χ4n) is 2.52. The summed E-state index contributed by atoms with van der Waals surface area (Å²) in [6.45, 7) is 0.484. The maximum absolute atomic E-state index is 12.4. The lowest BCUT2D eigenvalue weighted by Gasteiger charge is -2.26. The van der Waals surface area contributed by atoms with Crippen molar-refractivity contribution < 1.29 is 14.3 Å². The van der Waals surface area contributed by atoms with Gasteiger partial charge in [-0.3, -0.25) is 4.79 Å². The quantitative estimate of drug-likeness (QED) is 0.941. The summed E-state index contributed by atoms with van der Waals surface area (Å²) in [6, 6.07) is 15.1. The van der Waals surface area contributed by atoms with Gasteiger partial charge in [-0.1, -0.05) is 30.3 Å². The molecule has 2 aromatic carbocycles. The number of hydrogen-bond acceptors (Lipinski definition) is 3. The summed E-state index contributed by atoms with van der Waals surface area (Å²) in [5.74, 6) is 1.34. The number of hydrogen-bond donors (Lipinski definition) is 1. The van der Waals surface area contributed by atoms with Gasteiger partial charge in [0.25, 0.3) is 5.91 Å². The maximum Gasteiger partial charge on any atom is 0.255 e. The van der Waals surface area contributed by atoms with Crippen molar-refractivity contribution >= 4 is 5.91 Å². The zero-order valence-corrected chi connectivity index (χ0v) is 11.8. The first-order valence-electron chi connectivity index (χ1n) is 6.92. The number of rotatable bonds is 3. The molecule has 0 fully saturated rings. The van der Waals surface area contributed by atoms with Crippen LogP contribution in [-0.4, -0.2) is 25.7 Å². The van der Waals surface area contributed by atoms with Crippen molar-refractivity contribution in [3.63, 3.8) is 0 Å². The second-order valence-electron chi connectivity index (χ2n) is 4.99. The number of methoxy groups -OCH3 is 1. The zero-order valence-electron chi connectivity index (χ0n) is 11.8. The molecule has 3 rings (SSSR count). The molecule has 21 heavy (non-hydrogen) atoms. The molecule has 0 radical (unpaired) electrons. The minimum absolute atomic E-state index is 0.0303. The average molecular weight is 283 g/mol. The summed E-state index contributed by atoms with van der Waals surface area (Å²) in [4.78, 5) is 12.4. The smallest absolute Gasteiger partial charge is 0.255 e. The minimum Gasteiger partial charge on any atom is -0.496 e. The Labute approximate surface area is 123 Å². The van der Waals surface area contributed by atoms with E-state index >= 15 is 0 Å². The molecule has 4 heteroatoms. The fraction of sp³-hybridized carbons (Fsp3) is 0.235. The molecule has 0 bridgehead atoms. The van der Waals surface area contributed by atoms with Crippen LogP contribution < -0.4 is 14.8 Å². The second-order valence-corrected chi connectivity index (χ2v) is 4.99. The van der Waals surface area contributed by atoms with Gasteiger partial charge in [-0.25, -0.2) is 0 Å². The fourth-order valence-corrected chi connectivity index (χ4v) is 2.52. The number of ether oxygens (including phenoxy) is 2. The molecule has 1 aliphatic rings. The van der Waals surface area contributed by atoms with Crippen LogP contribution in [0.4, 0.5) is 0 Å². The van der Waals surface area contributed by atoms with Gasteiger partial charge in [-0.2, -0.15) is 0 Å². The van der Waals surface area contributed by atoms with E-state index in [4.69, 9.17) is 9.47 Å². The Morgan fingerprint density at radius 2 is 1.95 bits per heavy atom. The highest BCUT2D eigenvalue weighted by Crippen LogP contribution is 2.24. The van der Waals surface area contributed by atoms with Crippen LogP contribution in [0.5, 0.6) is 11.5 Å². The van der Waals surface area contributed by atoms with Gasteiger partial charge in [-0.15, -0.1) is 0 Å². The van der Waals surface area contributed by atoms with E-state index in [0.29, 0.717) is 17.9 Å². The van der Waals surface area contributed by atoms with Crippen molar-refractivity contribution in [1.29, 1.82) is 0 Å². The lowest BCUT2D eigenvalue weighted by Crippen LogP contribution is -2.42. The predicted octanol–water partition coefficient (Wildman–Crippen LogP) is 2.43. The van der Waals surface area contributed by atoms with Crippen LogP contribution in [0.3, 0.4) is 0 Å². The Bertz CT molecular complexity index is 654. The average Bonchev–Trinajstić information content (AvgIpc) is 2.54. The third-order valence-corrected chi connectivity index (χ3v) is 3.57. The van der Waals surface area contributed by atoms with Crippen molar-refractivity contribution in [2.45, 2.75) is 12.5 Å². The van der Waals surface area contributed by atoms with Crippen LogP contribution in [0.1, 0.15) is 15.9 Å². The molecule has 1 unspecified atom stereocenters. The Kier molecular flexibility index (Phi) is 3.77. The standard InChI is InChI=1S/C17H17NO3/c1-20-16-9-5-3-7-14(16)17(19)18-13-10-12-6-2-4-8-15(12)21-11-13/h2-9,13H,10-11H2,1H3,(H,18,19). The Hall–Kier alpha value is -2.49. The number of fused-ring (bicyclic) bond motifs is 1. The number of benzene rings is 2. The lowest BCUT2D eigenvalue weighted by molar-refractivity contribution is 0.0912. The summed E-state index contributed by atoms with van der Waals surface area (Å²) in [5.41, 5.74) is 1.66. The summed E-state index contributed by atoms with van der Waals surface area (Å²) in [5, 5.41) is 3.01. The van der Waals surface area contributed by atoms with Gasteiger partial charge in [0, 0.05) is 0 Å². The molecule has 2 aromatic rings. The molecule has 4 nitrogen and oxygen atoms in total. The third kappa shape index (κ3) is 2.84. The molecular weight excluding hydrogens is 266 g/mol. The molecule has 0 saturated heterocycles. The summed E-state index contributed by atoms with van der Waals surface area (Å²) in [6.07, 6.45) is 0.775. The monoisotopic (exact) mass is 283 g/mol. The van der Waals surface area contributed by atoms with E-state index in [0.717, 1.165) is 17.7 Å². The van der Waals surface area contributed by atoms with Crippen molar-refractivity contribution in [3.8, 4) is 11.5 Å². The van der Waals surface area contributed by atoms with E-state index in [1.807, 2.05) is 36.4 Å². The van der Waals surface area contributed by atoms with Gasteiger partial charge in [0.15, 0.2) is 0 Å². The molecule has 0 spiro atoms. The van der Waals surface area contributed by atoms with Gasteiger partial charge in [0.2, 0.25) is 0 Å². The molecule has 1 atom stereocenters. The van der Waals surface area contributed by atoms with Crippen molar-refractivity contribution in [2.75, 3.05) is 13.7 Å². The molecule has 1 amide bonds. The number of carbonyl (C=O) groups is 1. The predicted molar refractivity (Wildman–Crippen MR) is 79.9 cm³/mol. The number of carbonyl (C=O) groups excluding carboxylic acids is 1. The van der Waals surface area contributed by atoms with Gasteiger partial charge < -0.3 is 14.8 Å². The highest BCUT2D eigenvalue weighted by atomic mass is 16.5. The third-order valence-electron chi connectivity index (χ3n) is 3.57. The van der Waals surface area contributed by atoms with Gasteiger partial charge in [0.05, 0.1) is 18.7 Å². The van der Waals surface area contributed by atoms with Gasteiger partial charge in [-0.05, 0) is 30.2 Å². The van der Waals surface area contributed by atoms with E-state index < -0.39 is 0 Å². The maximum atomic E-state index is 12.4. The first kappa shape index (κ1) is 13.5. The first-order valence-corrected chi connectivity index (χ1v) is 6.92. The summed E-state index contributed by atoms with van der Waals surface area (Å²) < 4.78 is 10.9. The Morgan fingerprint density at radius 3 is 2.81 bits per heavy atom. The normalized spacial score (nSPS) is 16.5. The molecule has 0 saturated carbocycles. The second kappa shape index (κ2) is 5.87. The molecule has 1 heterocycles. The zero-order chi connectivity index (χ0) is 14.7. The number of amides is 1. The summed E-state index contributed by atoms with van der Waals surface area (Å²) >= 11 is 0. The molecule has 1 aliphatic heterocycles. The SMILES string of the molecule is COc1ccccc1C(=O)NC1COc2ccccc2C1. The van der Waals surface area contributed by atoms with Crippen LogP contribution in [0, 0.1) is 0 Å². The van der Waals surface area contributed by atoms with Gasteiger partial charge in [0.1, 0.15) is 18.1 Å². The molecule has 1 N–H and O–H groups in total. The topological polar surface area (TPSA) is 47.6 Å². The van der Waals surface area contributed by atoms with Crippen LogP contribution in [-0.2, 0) is 6.42 Å². The Morgan fingerprint density at radius 1 is 1.19 bits per heavy atom. The van der Waals surface area contributed by atoms with Crippen molar-refractivity contribution in [2.24, 2.45) is 0 Å². The van der Waals surface area contributed by atoms with E-state index in [9.17, 15) is 4.79 Å². The lowest BCUT2D eigenvalue weighted by atomic mass is 10.0. The van der Waals surface area contributed by atoms with Crippen molar-refractivity contribution in [3.05, 3.63) is 59.7 Å². The molecule has 108 valence electrons. The van der Waals surface area contributed by atoms with E-state index in [-0.39, 0.29) is 11.9 Å². The molecule has 0 aliphatic carbocycles. The number of para-hydroxylation sites is 2. The largest absolute Gasteiger partial charge is 0.496 e. The van der Waals surface area contributed by atoms with Crippen LogP contribution >= 0.6 is 0 Å². The van der Waals surface area contributed by atoms with Gasteiger partial charge >= 0.3 is 0 Å². The van der Waals surface area contributed by atoms with E-state index in [1.165, 1.54) is 0 Å². The number of nitrogens with one attached hydrogen (secondary N) is 1. The van der Waals surface area contributed by atoms with Crippen LogP contribution in [0.2, 0.25) is 0 Å². The highest BCUT2D eigenvalue weighted by Gasteiger charge is 2.22. The summed E-state index contributed by atoms with van der Waals surface area (Å²) in [7, 11) is 1.56. The van der Waals surface area contributed by atoms with E-state index in [1.54, 1.807) is 19.2 Å². The van der Waals surface area contributed by atoms with Crippen molar-refractivity contribution in [1.82, 2.24) is 5.32 Å².